The van der Waals surface area contributed by atoms with E-state index >= 15 is 0 Å². The summed E-state index contributed by atoms with van der Waals surface area (Å²) in [6, 6.07) is 12.5. The summed E-state index contributed by atoms with van der Waals surface area (Å²) < 4.78 is 0. The van der Waals surface area contributed by atoms with Crippen molar-refractivity contribution in [2.75, 3.05) is 0 Å². The molecule has 1 heterocycles. The molecular weight excluding hydrogens is 230 g/mol. The van der Waals surface area contributed by atoms with Gasteiger partial charge in [-0.3, -0.25) is 4.79 Å². The standard InChI is InChI=1S/C14H11NOS/c1-2-12(13-9-6-10-17-13)15-14(16)11-7-4-3-5-8-11/h1,3-10,12H,(H,15,16)/t12-/m0/s1. The van der Waals surface area contributed by atoms with Crippen LogP contribution in [0, 0.1) is 12.3 Å². The van der Waals surface area contributed by atoms with Gasteiger partial charge < -0.3 is 5.32 Å². The molecule has 84 valence electrons. The first-order valence-electron chi connectivity index (χ1n) is 5.16. The van der Waals surface area contributed by atoms with Crippen molar-refractivity contribution in [2.24, 2.45) is 0 Å². The molecule has 1 aromatic heterocycles. The highest BCUT2D eigenvalue weighted by Gasteiger charge is 2.13. The fourth-order valence-corrected chi connectivity index (χ4v) is 2.19. The third-order valence-electron chi connectivity index (χ3n) is 2.31. The van der Waals surface area contributed by atoms with Gasteiger partial charge in [-0.2, -0.15) is 0 Å². The monoisotopic (exact) mass is 241 g/mol. The largest absolute Gasteiger partial charge is 0.334 e. The van der Waals surface area contributed by atoms with Crippen LogP contribution in [0.3, 0.4) is 0 Å². The maximum absolute atomic E-state index is 11.9. The van der Waals surface area contributed by atoms with E-state index in [0.717, 1.165) is 4.88 Å². The Kier molecular flexibility index (Phi) is 3.59. The van der Waals surface area contributed by atoms with E-state index in [1.807, 2.05) is 35.7 Å². The SMILES string of the molecule is C#C[C@H](NC(=O)c1ccccc1)c1cccs1. The number of amides is 1. The first-order valence-corrected chi connectivity index (χ1v) is 6.04. The summed E-state index contributed by atoms with van der Waals surface area (Å²) in [5.41, 5.74) is 0.615. The number of nitrogens with one attached hydrogen (secondary N) is 1. The van der Waals surface area contributed by atoms with Gasteiger partial charge in [0.1, 0.15) is 6.04 Å². The summed E-state index contributed by atoms with van der Waals surface area (Å²) in [7, 11) is 0. The molecule has 2 rings (SSSR count). The molecule has 0 aliphatic heterocycles. The van der Waals surface area contributed by atoms with Gasteiger partial charge in [0.2, 0.25) is 0 Å². The van der Waals surface area contributed by atoms with Crippen LogP contribution in [0.4, 0.5) is 0 Å². The minimum absolute atomic E-state index is 0.151. The Morgan fingerprint density at radius 3 is 2.59 bits per heavy atom. The molecule has 0 aliphatic carbocycles. The summed E-state index contributed by atoms with van der Waals surface area (Å²) in [6.45, 7) is 0. The van der Waals surface area contributed by atoms with Gasteiger partial charge in [0.25, 0.3) is 5.91 Å². The minimum atomic E-state index is -0.359. The van der Waals surface area contributed by atoms with Crippen molar-refractivity contribution in [1.29, 1.82) is 0 Å². The van der Waals surface area contributed by atoms with Crippen LogP contribution in [-0.4, -0.2) is 5.91 Å². The second-order valence-corrected chi connectivity index (χ2v) is 4.43. The van der Waals surface area contributed by atoms with Crippen molar-refractivity contribution in [3.05, 3.63) is 58.3 Å². The molecule has 2 nitrogen and oxygen atoms in total. The van der Waals surface area contributed by atoms with Crippen LogP contribution in [0.1, 0.15) is 21.3 Å². The molecule has 1 N–H and O–H groups in total. The summed E-state index contributed by atoms with van der Waals surface area (Å²) in [6.07, 6.45) is 5.43. The van der Waals surface area contributed by atoms with Crippen molar-refractivity contribution in [2.45, 2.75) is 6.04 Å². The highest BCUT2D eigenvalue weighted by Crippen LogP contribution is 2.18. The Morgan fingerprint density at radius 2 is 2.00 bits per heavy atom. The Bertz CT molecular complexity index is 525. The molecule has 0 aliphatic rings. The molecule has 1 aromatic carbocycles. The van der Waals surface area contributed by atoms with Crippen molar-refractivity contribution >= 4 is 17.2 Å². The van der Waals surface area contributed by atoms with Crippen LogP contribution in [0.15, 0.2) is 47.8 Å². The topological polar surface area (TPSA) is 29.1 Å². The maximum atomic E-state index is 11.9. The smallest absolute Gasteiger partial charge is 0.252 e. The summed E-state index contributed by atoms with van der Waals surface area (Å²) in [5.74, 6) is 2.43. The van der Waals surface area contributed by atoms with Crippen molar-refractivity contribution in [3.8, 4) is 12.3 Å². The van der Waals surface area contributed by atoms with Gasteiger partial charge in [-0.25, -0.2) is 0 Å². The molecule has 3 heteroatoms. The molecular formula is C14H11NOS. The minimum Gasteiger partial charge on any atom is -0.334 e. The predicted molar refractivity (Wildman–Crippen MR) is 69.8 cm³/mol. The zero-order chi connectivity index (χ0) is 12.1. The first kappa shape index (κ1) is 11.4. The van der Waals surface area contributed by atoms with Gasteiger partial charge in [0.15, 0.2) is 0 Å². The molecule has 0 saturated heterocycles. The van der Waals surface area contributed by atoms with E-state index in [0.29, 0.717) is 5.56 Å². The second-order valence-electron chi connectivity index (χ2n) is 3.45. The van der Waals surface area contributed by atoms with Crippen molar-refractivity contribution in [3.63, 3.8) is 0 Å². The normalized spacial score (nSPS) is 11.5. The van der Waals surface area contributed by atoms with Crippen LogP contribution in [-0.2, 0) is 0 Å². The van der Waals surface area contributed by atoms with Gasteiger partial charge >= 0.3 is 0 Å². The zero-order valence-electron chi connectivity index (χ0n) is 9.09. The van der Waals surface area contributed by atoms with Gasteiger partial charge in [-0.05, 0) is 23.6 Å². The Labute approximate surface area is 104 Å². The van der Waals surface area contributed by atoms with Crippen LogP contribution >= 0.6 is 11.3 Å². The fraction of sp³-hybridized carbons (Fsp3) is 0.0714. The van der Waals surface area contributed by atoms with Gasteiger partial charge in [-0.15, -0.1) is 17.8 Å². The average molecular weight is 241 g/mol. The lowest BCUT2D eigenvalue weighted by atomic mass is 10.2. The summed E-state index contributed by atoms with van der Waals surface area (Å²) >= 11 is 1.54. The summed E-state index contributed by atoms with van der Waals surface area (Å²) in [4.78, 5) is 12.9. The molecule has 1 amide bonds. The first-order chi connectivity index (χ1) is 8.31. The fourth-order valence-electron chi connectivity index (χ4n) is 1.45. The van der Waals surface area contributed by atoms with Gasteiger partial charge in [0, 0.05) is 10.4 Å². The summed E-state index contributed by atoms with van der Waals surface area (Å²) in [5, 5.41) is 4.76. The van der Waals surface area contributed by atoms with Crippen LogP contribution in [0.2, 0.25) is 0 Å². The number of terminal acetylenes is 1. The van der Waals surface area contributed by atoms with Crippen LogP contribution < -0.4 is 5.32 Å². The van der Waals surface area contributed by atoms with Crippen molar-refractivity contribution in [1.82, 2.24) is 5.32 Å². The predicted octanol–water partition coefficient (Wildman–Crippen LogP) is 2.85. The lowest BCUT2D eigenvalue weighted by molar-refractivity contribution is 0.0946. The lowest BCUT2D eigenvalue weighted by Gasteiger charge is -2.11. The van der Waals surface area contributed by atoms with Crippen molar-refractivity contribution < 1.29 is 4.79 Å². The van der Waals surface area contributed by atoms with Gasteiger partial charge in [-0.1, -0.05) is 30.2 Å². The molecule has 1 atom stereocenters. The van der Waals surface area contributed by atoms with E-state index < -0.39 is 0 Å². The molecule has 0 saturated carbocycles. The number of hydrogen-bond acceptors (Lipinski definition) is 2. The number of carbonyl (C=O) groups excluding carboxylic acids is 1. The van der Waals surface area contributed by atoms with Gasteiger partial charge in [0.05, 0.1) is 0 Å². The molecule has 2 aromatic rings. The molecule has 0 fully saturated rings. The number of rotatable bonds is 3. The molecule has 17 heavy (non-hydrogen) atoms. The third kappa shape index (κ3) is 2.74. The Balaban J connectivity index is 2.11. The highest BCUT2D eigenvalue weighted by atomic mass is 32.1. The number of carbonyl (C=O) groups is 1. The van der Waals surface area contributed by atoms with E-state index in [9.17, 15) is 4.79 Å². The van der Waals surface area contributed by atoms with Crippen LogP contribution in [0.5, 0.6) is 0 Å². The van der Waals surface area contributed by atoms with E-state index in [1.54, 1.807) is 12.1 Å². The maximum Gasteiger partial charge on any atom is 0.252 e. The van der Waals surface area contributed by atoms with Crippen LogP contribution in [0.25, 0.3) is 0 Å². The quantitative estimate of drug-likeness (QED) is 0.823. The molecule has 0 bridgehead atoms. The number of benzene rings is 1. The average Bonchev–Trinajstić information content (AvgIpc) is 2.90. The van der Waals surface area contributed by atoms with E-state index in [4.69, 9.17) is 6.42 Å². The lowest BCUT2D eigenvalue weighted by Crippen LogP contribution is -2.26. The number of hydrogen-bond donors (Lipinski definition) is 1. The molecule has 0 spiro atoms. The highest BCUT2D eigenvalue weighted by molar-refractivity contribution is 7.10. The Morgan fingerprint density at radius 1 is 1.24 bits per heavy atom. The van der Waals surface area contributed by atoms with E-state index in [2.05, 4.69) is 11.2 Å². The number of thiophene rings is 1. The zero-order valence-corrected chi connectivity index (χ0v) is 9.91. The molecule has 0 radical (unpaired) electrons. The Hall–Kier alpha value is -2.05. The second kappa shape index (κ2) is 5.33. The third-order valence-corrected chi connectivity index (χ3v) is 3.24. The van der Waals surface area contributed by atoms with E-state index in [-0.39, 0.29) is 11.9 Å². The molecule has 0 unspecified atom stereocenters. The van der Waals surface area contributed by atoms with E-state index in [1.165, 1.54) is 11.3 Å².